The highest BCUT2D eigenvalue weighted by molar-refractivity contribution is 5.05. The molecule has 0 saturated heterocycles. The predicted molar refractivity (Wildman–Crippen MR) is 59.5 cm³/mol. The molecule has 0 amide bonds. The van der Waals surface area contributed by atoms with Gasteiger partial charge in [0.15, 0.2) is 0 Å². The van der Waals surface area contributed by atoms with E-state index in [4.69, 9.17) is 4.42 Å². The fraction of sp³-hybridized carbons (Fsp3) is 0.692. The van der Waals surface area contributed by atoms with Gasteiger partial charge in [-0.1, -0.05) is 6.42 Å². The molecular formula is C13H19NO. The summed E-state index contributed by atoms with van der Waals surface area (Å²) < 4.78 is 5.42. The van der Waals surface area contributed by atoms with Gasteiger partial charge in [0, 0.05) is 6.04 Å². The van der Waals surface area contributed by atoms with Gasteiger partial charge in [-0.15, -0.1) is 0 Å². The van der Waals surface area contributed by atoms with Crippen LogP contribution in [0.4, 0.5) is 0 Å². The molecule has 2 heteroatoms. The van der Waals surface area contributed by atoms with Crippen molar-refractivity contribution in [3.05, 3.63) is 24.2 Å². The Kier molecular flexibility index (Phi) is 2.32. The van der Waals surface area contributed by atoms with E-state index in [9.17, 15) is 0 Å². The van der Waals surface area contributed by atoms with Gasteiger partial charge in [-0.05, 0) is 50.2 Å². The lowest BCUT2D eigenvalue weighted by atomic mass is 9.94. The first kappa shape index (κ1) is 9.46. The van der Waals surface area contributed by atoms with E-state index in [0.29, 0.717) is 6.04 Å². The van der Waals surface area contributed by atoms with Crippen molar-refractivity contribution in [1.29, 1.82) is 0 Å². The second-order valence-electron chi connectivity index (χ2n) is 5.19. The van der Waals surface area contributed by atoms with E-state index in [1.807, 2.05) is 6.07 Å². The topological polar surface area (TPSA) is 25.2 Å². The molecule has 3 rings (SSSR count). The van der Waals surface area contributed by atoms with Crippen LogP contribution in [0.15, 0.2) is 22.8 Å². The Morgan fingerprint density at radius 1 is 1.40 bits per heavy atom. The van der Waals surface area contributed by atoms with Crippen molar-refractivity contribution in [2.24, 2.45) is 11.8 Å². The van der Waals surface area contributed by atoms with Crippen LogP contribution < -0.4 is 5.32 Å². The quantitative estimate of drug-likeness (QED) is 0.820. The number of hydrogen-bond donors (Lipinski definition) is 1. The molecule has 2 bridgehead atoms. The van der Waals surface area contributed by atoms with E-state index in [0.717, 1.165) is 23.6 Å². The van der Waals surface area contributed by atoms with Gasteiger partial charge in [-0.2, -0.15) is 0 Å². The van der Waals surface area contributed by atoms with Crippen LogP contribution in [0, 0.1) is 11.8 Å². The third-order valence-corrected chi connectivity index (χ3v) is 4.17. The van der Waals surface area contributed by atoms with E-state index in [1.165, 1.54) is 25.7 Å². The molecule has 82 valence electrons. The molecule has 2 aliphatic carbocycles. The van der Waals surface area contributed by atoms with E-state index in [1.54, 1.807) is 6.26 Å². The molecule has 2 aliphatic rings. The van der Waals surface area contributed by atoms with Gasteiger partial charge in [0.05, 0.1) is 12.3 Å². The third kappa shape index (κ3) is 1.71. The van der Waals surface area contributed by atoms with E-state index in [2.05, 4.69) is 18.3 Å². The molecule has 0 aliphatic heterocycles. The van der Waals surface area contributed by atoms with Crippen molar-refractivity contribution in [2.45, 2.75) is 44.7 Å². The Bertz CT molecular complexity index is 319. The van der Waals surface area contributed by atoms with Crippen LogP contribution >= 0.6 is 0 Å². The van der Waals surface area contributed by atoms with Crippen molar-refractivity contribution < 1.29 is 4.42 Å². The lowest BCUT2D eigenvalue weighted by molar-refractivity contribution is 0.307. The van der Waals surface area contributed by atoms with Crippen LogP contribution in [0.2, 0.25) is 0 Å². The third-order valence-electron chi connectivity index (χ3n) is 4.17. The molecule has 15 heavy (non-hydrogen) atoms. The van der Waals surface area contributed by atoms with Crippen LogP contribution in [-0.4, -0.2) is 6.04 Å². The number of furan rings is 1. The summed E-state index contributed by atoms with van der Waals surface area (Å²) >= 11 is 0. The lowest BCUT2D eigenvalue weighted by Gasteiger charge is -2.25. The first-order chi connectivity index (χ1) is 7.33. The summed E-state index contributed by atoms with van der Waals surface area (Å²) in [5, 5.41) is 3.72. The van der Waals surface area contributed by atoms with Crippen LogP contribution in [0.3, 0.4) is 0 Å². The van der Waals surface area contributed by atoms with Gasteiger partial charge in [0.2, 0.25) is 0 Å². The van der Waals surface area contributed by atoms with Crippen molar-refractivity contribution in [2.75, 3.05) is 0 Å². The molecule has 4 unspecified atom stereocenters. The van der Waals surface area contributed by atoms with Gasteiger partial charge < -0.3 is 9.73 Å². The van der Waals surface area contributed by atoms with Gasteiger partial charge in [-0.25, -0.2) is 0 Å². The Hall–Kier alpha value is -0.760. The summed E-state index contributed by atoms with van der Waals surface area (Å²) in [5.74, 6) is 3.02. The maximum atomic E-state index is 5.42. The summed E-state index contributed by atoms with van der Waals surface area (Å²) in [7, 11) is 0. The van der Waals surface area contributed by atoms with Crippen LogP contribution in [0.25, 0.3) is 0 Å². The SMILES string of the molecule is CC(NC1CC2CCC1C2)c1ccco1. The molecule has 0 aromatic carbocycles. The van der Waals surface area contributed by atoms with Crippen molar-refractivity contribution in [1.82, 2.24) is 5.32 Å². The maximum Gasteiger partial charge on any atom is 0.120 e. The molecule has 1 aromatic rings. The average Bonchev–Trinajstić information content (AvgIpc) is 2.95. The Labute approximate surface area is 91.0 Å². The summed E-state index contributed by atoms with van der Waals surface area (Å²) in [4.78, 5) is 0. The van der Waals surface area contributed by atoms with E-state index < -0.39 is 0 Å². The molecule has 2 fully saturated rings. The highest BCUT2D eigenvalue weighted by Crippen LogP contribution is 2.45. The van der Waals surface area contributed by atoms with Gasteiger partial charge in [-0.3, -0.25) is 0 Å². The number of hydrogen-bond acceptors (Lipinski definition) is 2. The minimum Gasteiger partial charge on any atom is -0.468 e. The zero-order valence-corrected chi connectivity index (χ0v) is 9.28. The number of rotatable bonds is 3. The van der Waals surface area contributed by atoms with Gasteiger partial charge >= 0.3 is 0 Å². The van der Waals surface area contributed by atoms with E-state index in [-0.39, 0.29) is 0 Å². The van der Waals surface area contributed by atoms with Crippen LogP contribution in [0.1, 0.15) is 44.4 Å². The summed E-state index contributed by atoms with van der Waals surface area (Å²) in [5.41, 5.74) is 0. The molecule has 0 spiro atoms. The molecule has 1 N–H and O–H groups in total. The minimum absolute atomic E-state index is 0.365. The first-order valence-corrected chi connectivity index (χ1v) is 6.12. The molecule has 1 aromatic heterocycles. The molecule has 2 saturated carbocycles. The van der Waals surface area contributed by atoms with E-state index >= 15 is 0 Å². The number of fused-ring (bicyclic) bond motifs is 2. The fourth-order valence-corrected chi connectivity index (χ4v) is 3.39. The monoisotopic (exact) mass is 205 g/mol. The van der Waals surface area contributed by atoms with Gasteiger partial charge in [0.1, 0.15) is 5.76 Å². The normalized spacial score (nSPS) is 35.9. The zero-order valence-electron chi connectivity index (χ0n) is 9.28. The minimum atomic E-state index is 0.365. The van der Waals surface area contributed by atoms with Crippen molar-refractivity contribution in [3.63, 3.8) is 0 Å². The average molecular weight is 205 g/mol. The molecule has 0 radical (unpaired) electrons. The Morgan fingerprint density at radius 2 is 2.33 bits per heavy atom. The smallest absolute Gasteiger partial charge is 0.120 e. The highest BCUT2D eigenvalue weighted by Gasteiger charge is 2.39. The lowest BCUT2D eigenvalue weighted by Crippen LogP contribution is -2.35. The summed E-state index contributed by atoms with van der Waals surface area (Å²) in [6.45, 7) is 2.20. The molecule has 4 atom stereocenters. The maximum absolute atomic E-state index is 5.42. The highest BCUT2D eigenvalue weighted by atomic mass is 16.3. The second kappa shape index (κ2) is 3.67. The Balaban J connectivity index is 1.62. The summed E-state index contributed by atoms with van der Waals surface area (Å²) in [6, 6.07) is 5.13. The molecule has 2 nitrogen and oxygen atoms in total. The van der Waals surface area contributed by atoms with Crippen LogP contribution in [0.5, 0.6) is 0 Å². The molecular weight excluding hydrogens is 186 g/mol. The largest absolute Gasteiger partial charge is 0.468 e. The fourth-order valence-electron chi connectivity index (χ4n) is 3.39. The zero-order chi connectivity index (χ0) is 10.3. The first-order valence-electron chi connectivity index (χ1n) is 6.12. The molecule has 1 heterocycles. The second-order valence-corrected chi connectivity index (χ2v) is 5.19. The van der Waals surface area contributed by atoms with Gasteiger partial charge in [0.25, 0.3) is 0 Å². The van der Waals surface area contributed by atoms with Crippen LogP contribution in [-0.2, 0) is 0 Å². The predicted octanol–water partition coefficient (Wildman–Crippen LogP) is 3.12. The van der Waals surface area contributed by atoms with Crippen molar-refractivity contribution in [3.8, 4) is 0 Å². The number of nitrogens with one attached hydrogen (secondary N) is 1. The van der Waals surface area contributed by atoms with Crippen molar-refractivity contribution >= 4 is 0 Å². The Morgan fingerprint density at radius 3 is 2.93 bits per heavy atom. The standard InChI is InChI=1S/C13H19NO/c1-9(13-3-2-6-15-13)14-12-8-10-4-5-11(12)7-10/h2-3,6,9-12,14H,4-5,7-8H2,1H3. The summed E-state index contributed by atoms with van der Waals surface area (Å²) in [6.07, 6.45) is 7.51.